The highest BCUT2D eigenvalue weighted by Crippen LogP contribution is 2.39. The maximum Gasteiger partial charge on any atom is 0.252 e. The van der Waals surface area contributed by atoms with Gasteiger partial charge in [0, 0.05) is 25.5 Å². The third kappa shape index (κ3) is 3.29. The number of fused-ring (bicyclic) bond motifs is 1. The summed E-state index contributed by atoms with van der Waals surface area (Å²) in [6.07, 6.45) is 5.63. The lowest BCUT2D eigenvalue weighted by Gasteiger charge is -2.35. The molecule has 4 atom stereocenters. The summed E-state index contributed by atoms with van der Waals surface area (Å²) in [6.45, 7) is 0.996. The zero-order valence-corrected chi connectivity index (χ0v) is 15.2. The largest absolute Gasteiger partial charge is 0.391 e. The normalized spacial score (nSPS) is 30.1. The molecule has 2 aromatic heterocycles. The van der Waals surface area contributed by atoms with Gasteiger partial charge in [0.25, 0.3) is 10.0 Å². The van der Waals surface area contributed by atoms with E-state index in [0.29, 0.717) is 29.5 Å². The summed E-state index contributed by atoms with van der Waals surface area (Å²) in [5.41, 5.74) is 0. The summed E-state index contributed by atoms with van der Waals surface area (Å²) >= 11 is 1.25. The van der Waals surface area contributed by atoms with E-state index in [4.69, 9.17) is 0 Å². The standard InChI is InChI=1S/C16H20N4O3S2/c21-14-7-12-10-20(25(22,23)16-2-1-5-24-16)9-11(12)6-13(14)19-15-8-17-3-4-18-15/h1-5,8,11-14,21H,6-7,9-10H2,(H,18,19)/t11-,12+,13-,14-/m1/s1. The van der Waals surface area contributed by atoms with Gasteiger partial charge in [-0.3, -0.25) is 4.98 Å². The van der Waals surface area contributed by atoms with Crippen molar-refractivity contribution >= 4 is 27.2 Å². The van der Waals surface area contributed by atoms with Crippen molar-refractivity contribution in [3.63, 3.8) is 0 Å². The van der Waals surface area contributed by atoms with E-state index in [1.165, 1.54) is 11.3 Å². The topological polar surface area (TPSA) is 95.4 Å². The molecule has 0 aromatic carbocycles. The van der Waals surface area contributed by atoms with Crippen molar-refractivity contribution in [1.29, 1.82) is 0 Å². The third-order valence-electron chi connectivity index (χ3n) is 5.09. The molecule has 1 saturated carbocycles. The molecule has 2 aliphatic rings. The molecule has 0 unspecified atom stereocenters. The number of thiophene rings is 1. The Kier molecular flexibility index (Phi) is 4.48. The van der Waals surface area contributed by atoms with Gasteiger partial charge in [0.05, 0.1) is 18.3 Å². The van der Waals surface area contributed by atoms with E-state index in [1.54, 1.807) is 40.4 Å². The van der Waals surface area contributed by atoms with Crippen LogP contribution in [0.5, 0.6) is 0 Å². The van der Waals surface area contributed by atoms with E-state index in [-0.39, 0.29) is 17.9 Å². The zero-order valence-electron chi connectivity index (χ0n) is 13.5. The molecule has 9 heteroatoms. The second kappa shape index (κ2) is 6.64. The van der Waals surface area contributed by atoms with Gasteiger partial charge in [-0.2, -0.15) is 4.31 Å². The van der Waals surface area contributed by atoms with E-state index in [1.807, 2.05) is 0 Å². The number of anilines is 1. The Balaban J connectivity index is 1.47. The van der Waals surface area contributed by atoms with Gasteiger partial charge >= 0.3 is 0 Å². The van der Waals surface area contributed by atoms with Gasteiger partial charge in [-0.05, 0) is 36.1 Å². The van der Waals surface area contributed by atoms with Gasteiger partial charge < -0.3 is 10.4 Å². The lowest BCUT2D eigenvalue weighted by atomic mass is 9.77. The lowest BCUT2D eigenvalue weighted by Crippen LogP contribution is -2.43. The number of aliphatic hydroxyl groups is 1. The molecule has 0 spiro atoms. The first-order valence-electron chi connectivity index (χ1n) is 8.28. The van der Waals surface area contributed by atoms with E-state index in [2.05, 4.69) is 15.3 Å². The third-order valence-corrected chi connectivity index (χ3v) is 8.30. The Labute approximate surface area is 150 Å². The molecule has 3 heterocycles. The molecule has 2 aromatic rings. The van der Waals surface area contributed by atoms with Gasteiger partial charge in [-0.15, -0.1) is 11.3 Å². The van der Waals surface area contributed by atoms with E-state index < -0.39 is 16.1 Å². The minimum atomic E-state index is -3.42. The van der Waals surface area contributed by atoms with Crippen LogP contribution in [0.2, 0.25) is 0 Å². The first kappa shape index (κ1) is 16.9. The Morgan fingerprint density at radius 3 is 2.72 bits per heavy atom. The zero-order chi connectivity index (χ0) is 17.4. The van der Waals surface area contributed by atoms with Gasteiger partial charge in [-0.1, -0.05) is 6.07 Å². The van der Waals surface area contributed by atoms with Crippen LogP contribution in [0.3, 0.4) is 0 Å². The van der Waals surface area contributed by atoms with Crippen molar-refractivity contribution in [2.24, 2.45) is 11.8 Å². The van der Waals surface area contributed by atoms with Crippen LogP contribution in [0.4, 0.5) is 5.82 Å². The molecule has 0 amide bonds. The van der Waals surface area contributed by atoms with Gasteiger partial charge in [0.1, 0.15) is 10.0 Å². The van der Waals surface area contributed by atoms with Crippen LogP contribution in [-0.4, -0.2) is 53.0 Å². The predicted molar refractivity (Wildman–Crippen MR) is 94.7 cm³/mol. The van der Waals surface area contributed by atoms with E-state index >= 15 is 0 Å². The molecule has 134 valence electrons. The molecular weight excluding hydrogens is 360 g/mol. The highest BCUT2D eigenvalue weighted by Gasteiger charge is 2.45. The summed E-state index contributed by atoms with van der Waals surface area (Å²) in [4.78, 5) is 8.21. The highest BCUT2D eigenvalue weighted by atomic mass is 32.2. The summed E-state index contributed by atoms with van der Waals surface area (Å²) in [6, 6.07) is 3.27. The highest BCUT2D eigenvalue weighted by molar-refractivity contribution is 7.91. The average Bonchev–Trinajstić information content (AvgIpc) is 3.26. The van der Waals surface area contributed by atoms with Gasteiger partial charge in [-0.25, -0.2) is 13.4 Å². The van der Waals surface area contributed by atoms with Gasteiger partial charge in [0.15, 0.2) is 0 Å². The predicted octanol–water partition coefficient (Wildman–Crippen LogP) is 1.41. The first-order chi connectivity index (χ1) is 12.0. The van der Waals surface area contributed by atoms with Crippen LogP contribution in [0.1, 0.15) is 12.8 Å². The Morgan fingerprint density at radius 2 is 2.04 bits per heavy atom. The minimum absolute atomic E-state index is 0.137. The maximum absolute atomic E-state index is 12.7. The second-order valence-electron chi connectivity index (χ2n) is 6.65. The van der Waals surface area contributed by atoms with Gasteiger partial charge in [0.2, 0.25) is 0 Å². The first-order valence-corrected chi connectivity index (χ1v) is 10.6. The van der Waals surface area contributed by atoms with Crippen molar-refractivity contribution in [2.45, 2.75) is 29.2 Å². The molecule has 1 aliphatic carbocycles. The summed E-state index contributed by atoms with van der Waals surface area (Å²) in [5, 5.41) is 15.5. The summed E-state index contributed by atoms with van der Waals surface area (Å²) in [5.74, 6) is 1.07. The maximum atomic E-state index is 12.7. The number of nitrogens with zero attached hydrogens (tertiary/aromatic N) is 3. The molecule has 25 heavy (non-hydrogen) atoms. The number of hydrogen-bond donors (Lipinski definition) is 2. The van der Waals surface area contributed by atoms with E-state index in [9.17, 15) is 13.5 Å². The SMILES string of the molecule is O=S(=O)(c1cccs1)N1C[C@H]2C[C@@H](Nc3cnccn3)[C@H](O)C[C@H]2C1. The molecule has 1 saturated heterocycles. The fourth-order valence-electron chi connectivity index (χ4n) is 3.84. The van der Waals surface area contributed by atoms with Crippen LogP contribution < -0.4 is 5.32 Å². The van der Waals surface area contributed by atoms with Crippen molar-refractivity contribution < 1.29 is 13.5 Å². The van der Waals surface area contributed by atoms with Crippen molar-refractivity contribution in [3.8, 4) is 0 Å². The number of aromatic nitrogens is 2. The lowest BCUT2D eigenvalue weighted by molar-refractivity contribution is 0.0736. The second-order valence-corrected chi connectivity index (χ2v) is 9.77. The fourth-order valence-corrected chi connectivity index (χ4v) is 6.54. The van der Waals surface area contributed by atoms with Crippen LogP contribution in [0, 0.1) is 11.8 Å². The van der Waals surface area contributed by atoms with Crippen LogP contribution in [0.25, 0.3) is 0 Å². The summed E-state index contributed by atoms with van der Waals surface area (Å²) in [7, 11) is -3.42. The van der Waals surface area contributed by atoms with Crippen LogP contribution in [-0.2, 0) is 10.0 Å². The minimum Gasteiger partial charge on any atom is -0.391 e. The summed E-state index contributed by atoms with van der Waals surface area (Å²) < 4.78 is 27.4. The molecule has 1 aliphatic heterocycles. The number of rotatable bonds is 4. The fraction of sp³-hybridized carbons (Fsp3) is 0.500. The number of hydrogen-bond acceptors (Lipinski definition) is 7. The molecule has 0 radical (unpaired) electrons. The van der Waals surface area contributed by atoms with Crippen molar-refractivity contribution in [3.05, 3.63) is 36.1 Å². The molecule has 0 bridgehead atoms. The Hall–Kier alpha value is -1.55. The van der Waals surface area contributed by atoms with Crippen molar-refractivity contribution in [1.82, 2.24) is 14.3 Å². The molecular formula is C16H20N4O3S2. The number of aliphatic hydroxyl groups excluding tert-OH is 1. The smallest absolute Gasteiger partial charge is 0.252 e. The van der Waals surface area contributed by atoms with Crippen LogP contribution >= 0.6 is 11.3 Å². The monoisotopic (exact) mass is 380 g/mol. The molecule has 2 fully saturated rings. The molecule has 4 rings (SSSR count). The van der Waals surface area contributed by atoms with Crippen molar-refractivity contribution in [2.75, 3.05) is 18.4 Å². The molecule has 2 N–H and O–H groups in total. The number of sulfonamides is 1. The van der Waals surface area contributed by atoms with E-state index in [0.717, 1.165) is 6.42 Å². The Morgan fingerprint density at radius 1 is 1.24 bits per heavy atom. The average molecular weight is 380 g/mol. The Bertz CT molecular complexity index is 813. The number of nitrogens with one attached hydrogen (secondary N) is 1. The van der Waals surface area contributed by atoms with Crippen LogP contribution in [0.15, 0.2) is 40.3 Å². The molecule has 7 nitrogen and oxygen atoms in total. The quantitative estimate of drug-likeness (QED) is 0.833.